The molecule has 9 heteroatoms. The van der Waals surface area contributed by atoms with E-state index < -0.39 is 16.7 Å². The Morgan fingerprint density at radius 2 is 1.41 bits per heavy atom. The molecule has 2 aromatic rings. The number of rotatable bonds is 7. The number of anilines is 2. The van der Waals surface area contributed by atoms with Crippen LogP contribution in [0.5, 0.6) is 11.5 Å². The van der Waals surface area contributed by atoms with Gasteiger partial charge in [0.25, 0.3) is 5.69 Å². The number of carbonyl (C=O) groups excluding carboxylic acids is 2. The van der Waals surface area contributed by atoms with Crippen LogP contribution in [0.1, 0.15) is 13.8 Å². The molecule has 2 amide bonds. The lowest BCUT2D eigenvalue weighted by Crippen LogP contribution is -2.29. The molecule has 0 aliphatic carbocycles. The lowest BCUT2D eigenvalue weighted by atomic mass is 10.2. The van der Waals surface area contributed by atoms with Gasteiger partial charge in [0.1, 0.15) is 0 Å². The number of hydrogen-bond acceptors (Lipinski definition) is 6. The number of carbonyl (C=O) groups is 2. The van der Waals surface area contributed by atoms with Crippen LogP contribution in [-0.4, -0.2) is 30.0 Å². The first kappa shape index (κ1) is 19.7. The lowest BCUT2D eigenvalue weighted by Gasteiger charge is -2.13. The van der Waals surface area contributed by atoms with Crippen molar-refractivity contribution in [2.75, 3.05) is 23.8 Å². The number of nitro groups is 1. The summed E-state index contributed by atoms with van der Waals surface area (Å²) in [6.45, 7) is 4.54. The summed E-state index contributed by atoms with van der Waals surface area (Å²) >= 11 is 0. The Kier molecular flexibility index (Phi) is 6.70. The van der Waals surface area contributed by atoms with Gasteiger partial charge in [-0.3, -0.25) is 19.7 Å². The minimum absolute atomic E-state index is 0.115. The van der Waals surface area contributed by atoms with Gasteiger partial charge in [0, 0.05) is 29.6 Å². The molecule has 0 radical (unpaired) electrons. The first-order valence-electron chi connectivity index (χ1n) is 8.21. The topological polar surface area (TPSA) is 120 Å². The molecule has 2 aromatic carbocycles. The van der Waals surface area contributed by atoms with Crippen molar-refractivity contribution in [2.24, 2.45) is 0 Å². The Morgan fingerprint density at radius 1 is 0.889 bits per heavy atom. The summed E-state index contributed by atoms with van der Waals surface area (Å²) in [6.07, 6.45) is 0. The van der Waals surface area contributed by atoms with E-state index in [1.54, 1.807) is 18.2 Å². The van der Waals surface area contributed by atoms with Gasteiger partial charge in [-0.1, -0.05) is 0 Å². The monoisotopic (exact) mass is 373 g/mol. The smallest absolute Gasteiger partial charge is 0.314 e. The molecule has 2 N–H and O–H groups in total. The largest absolute Gasteiger partial charge is 0.490 e. The van der Waals surface area contributed by atoms with Crippen LogP contribution in [0.2, 0.25) is 0 Å². The van der Waals surface area contributed by atoms with Gasteiger partial charge in [0.15, 0.2) is 11.5 Å². The fraction of sp³-hybridized carbons (Fsp3) is 0.222. The third-order valence-electron chi connectivity index (χ3n) is 3.34. The predicted molar refractivity (Wildman–Crippen MR) is 99.1 cm³/mol. The number of nitrogens with one attached hydrogen (secondary N) is 2. The summed E-state index contributed by atoms with van der Waals surface area (Å²) in [4.78, 5) is 34.1. The lowest BCUT2D eigenvalue weighted by molar-refractivity contribution is -0.384. The van der Waals surface area contributed by atoms with Crippen LogP contribution < -0.4 is 20.1 Å². The van der Waals surface area contributed by atoms with Gasteiger partial charge in [0.05, 0.1) is 18.1 Å². The molecule has 0 fully saturated rings. The predicted octanol–water partition coefficient (Wildman–Crippen LogP) is 2.97. The van der Waals surface area contributed by atoms with Gasteiger partial charge < -0.3 is 20.1 Å². The molecule has 0 aliphatic rings. The zero-order chi connectivity index (χ0) is 19.8. The van der Waals surface area contributed by atoms with Gasteiger partial charge >= 0.3 is 11.8 Å². The molecule has 2 rings (SSSR count). The molecule has 0 bridgehead atoms. The molecular weight excluding hydrogens is 354 g/mol. The van der Waals surface area contributed by atoms with E-state index in [0.717, 1.165) is 0 Å². The highest BCUT2D eigenvalue weighted by atomic mass is 16.6. The van der Waals surface area contributed by atoms with E-state index in [2.05, 4.69) is 10.6 Å². The molecule has 27 heavy (non-hydrogen) atoms. The van der Waals surface area contributed by atoms with Gasteiger partial charge in [-0.25, -0.2) is 0 Å². The Bertz CT molecular complexity index is 835. The third kappa shape index (κ3) is 5.43. The summed E-state index contributed by atoms with van der Waals surface area (Å²) in [5.41, 5.74) is 0.517. The maximum Gasteiger partial charge on any atom is 0.314 e. The number of ether oxygens (including phenoxy) is 2. The van der Waals surface area contributed by atoms with Crippen molar-refractivity contribution in [1.29, 1.82) is 0 Å². The number of nitrogens with zero attached hydrogens (tertiary/aromatic N) is 1. The standard InChI is InChI=1S/C18H19N3O6/c1-3-26-15-10-7-13(11-16(15)27-4-2)20-18(23)17(22)19-12-5-8-14(9-6-12)21(24)25/h5-11H,3-4H2,1-2H3,(H,19,22)(H,20,23). The first-order chi connectivity index (χ1) is 12.9. The zero-order valence-electron chi connectivity index (χ0n) is 14.9. The van der Waals surface area contributed by atoms with E-state index in [0.29, 0.717) is 30.4 Å². The molecule has 0 aliphatic heterocycles. The Morgan fingerprint density at radius 3 is 1.96 bits per heavy atom. The minimum atomic E-state index is -0.907. The number of benzene rings is 2. The van der Waals surface area contributed by atoms with E-state index in [4.69, 9.17) is 9.47 Å². The molecular formula is C18H19N3O6. The van der Waals surface area contributed by atoms with Crippen molar-refractivity contribution in [1.82, 2.24) is 0 Å². The van der Waals surface area contributed by atoms with Crippen LogP contribution in [0, 0.1) is 10.1 Å². The summed E-state index contributed by atoms with van der Waals surface area (Å²) in [5, 5.41) is 15.5. The normalized spacial score (nSPS) is 10.0. The molecule has 0 aromatic heterocycles. The Balaban J connectivity index is 2.04. The summed E-state index contributed by atoms with van der Waals surface area (Å²) < 4.78 is 10.9. The van der Waals surface area contributed by atoms with Crippen LogP contribution in [-0.2, 0) is 9.59 Å². The fourth-order valence-electron chi connectivity index (χ4n) is 2.17. The Labute approximate surface area is 155 Å². The second kappa shape index (κ2) is 9.18. The SMILES string of the molecule is CCOc1ccc(NC(=O)C(=O)Nc2ccc([N+](=O)[O-])cc2)cc1OCC. The number of hydrogen-bond donors (Lipinski definition) is 2. The molecule has 0 heterocycles. The third-order valence-corrected chi connectivity index (χ3v) is 3.34. The van der Waals surface area contributed by atoms with Gasteiger partial charge in [0.2, 0.25) is 0 Å². The number of amides is 2. The van der Waals surface area contributed by atoms with Gasteiger partial charge in [-0.2, -0.15) is 0 Å². The highest BCUT2D eigenvalue weighted by Gasteiger charge is 2.16. The average molecular weight is 373 g/mol. The average Bonchev–Trinajstić information content (AvgIpc) is 2.64. The second-order valence-electron chi connectivity index (χ2n) is 5.24. The summed E-state index contributed by atoms with van der Waals surface area (Å²) in [7, 11) is 0. The van der Waals surface area contributed by atoms with Crippen molar-refractivity contribution < 1.29 is 24.0 Å². The van der Waals surface area contributed by atoms with Gasteiger partial charge in [-0.15, -0.1) is 0 Å². The van der Waals surface area contributed by atoms with Crippen molar-refractivity contribution in [2.45, 2.75) is 13.8 Å². The van der Waals surface area contributed by atoms with E-state index in [-0.39, 0.29) is 11.4 Å². The van der Waals surface area contributed by atoms with Crippen molar-refractivity contribution in [3.63, 3.8) is 0 Å². The first-order valence-corrected chi connectivity index (χ1v) is 8.21. The highest BCUT2D eigenvalue weighted by Crippen LogP contribution is 2.30. The van der Waals surface area contributed by atoms with E-state index >= 15 is 0 Å². The molecule has 0 unspecified atom stereocenters. The Hall–Kier alpha value is -3.62. The quantitative estimate of drug-likeness (QED) is 0.437. The van der Waals surface area contributed by atoms with Crippen molar-refractivity contribution >= 4 is 28.9 Å². The van der Waals surface area contributed by atoms with Crippen LogP contribution in [0.3, 0.4) is 0 Å². The van der Waals surface area contributed by atoms with Crippen molar-refractivity contribution in [3.8, 4) is 11.5 Å². The molecule has 0 atom stereocenters. The van der Waals surface area contributed by atoms with E-state index in [1.165, 1.54) is 24.3 Å². The molecule has 9 nitrogen and oxygen atoms in total. The fourth-order valence-corrected chi connectivity index (χ4v) is 2.17. The van der Waals surface area contributed by atoms with E-state index in [9.17, 15) is 19.7 Å². The zero-order valence-corrected chi connectivity index (χ0v) is 14.9. The maximum atomic E-state index is 12.1. The number of non-ortho nitro benzene ring substituents is 1. The van der Waals surface area contributed by atoms with E-state index in [1.807, 2.05) is 13.8 Å². The molecule has 142 valence electrons. The van der Waals surface area contributed by atoms with Gasteiger partial charge in [-0.05, 0) is 38.1 Å². The highest BCUT2D eigenvalue weighted by molar-refractivity contribution is 6.43. The van der Waals surface area contributed by atoms with Crippen LogP contribution in [0.25, 0.3) is 0 Å². The van der Waals surface area contributed by atoms with Crippen LogP contribution in [0.4, 0.5) is 17.1 Å². The molecule has 0 spiro atoms. The maximum absolute atomic E-state index is 12.1. The summed E-state index contributed by atoms with van der Waals surface area (Å²) in [5.74, 6) is -0.809. The molecule has 0 saturated carbocycles. The second-order valence-corrected chi connectivity index (χ2v) is 5.24. The summed E-state index contributed by atoms with van der Waals surface area (Å²) in [6, 6.07) is 9.93. The van der Waals surface area contributed by atoms with Crippen LogP contribution in [0.15, 0.2) is 42.5 Å². The van der Waals surface area contributed by atoms with Crippen LogP contribution >= 0.6 is 0 Å². The molecule has 0 saturated heterocycles. The minimum Gasteiger partial charge on any atom is -0.490 e. The number of nitro benzene ring substituents is 1. The van der Waals surface area contributed by atoms with Crippen molar-refractivity contribution in [3.05, 3.63) is 52.6 Å².